The van der Waals surface area contributed by atoms with Gasteiger partial charge in [-0.1, -0.05) is 0 Å². The zero-order chi connectivity index (χ0) is 18.2. The van der Waals surface area contributed by atoms with Gasteiger partial charge in [0, 0.05) is 26.0 Å². The molecule has 3 amide bonds. The summed E-state index contributed by atoms with van der Waals surface area (Å²) in [4.78, 5) is 34.8. The van der Waals surface area contributed by atoms with Gasteiger partial charge in [0.2, 0.25) is 0 Å². The number of amides is 3. The first-order valence-corrected chi connectivity index (χ1v) is 8.77. The van der Waals surface area contributed by atoms with Gasteiger partial charge in [0.05, 0.1) is 6.04 Å². The molecule has 0 aliphatic carbocycles. The molecule has 0 saturated carbocycles. The lowest BCUT2D eigenvalue weighted by molar-refractivity contribution is -0.140. The Kier molecular flexibility index (Phi) is 4.64. The van der Waals surface area contributed by atoms with Crippen LogP contribution in [0.3, 0.4) is 0 Å². The zero-order valence-corrected chi connectivity index (χ0v) is 14.0. The van der Waals surface area contributed by atoms with Gasteiger partial charge in [0.25, 0.3) is 5.91 Å². The van der Waals surface area contributed by atoms with Crippen LogP contribution in [-0.2, 0) is 38.0 Å². The molecule has 1 aromatic heterocycles. The normalized spacial score (nSPS) is 23.2. The van der Waals surface area contributed by atoms with Crippen molar-refractivity contribution in [3.63, 3.8) is 0 Å². The smallest absolute Gasteiger partial charge is 0.336 e. The Hall–Kier alpha value is -2.22. The van der Waals surface area contributed by atoms with E-state index in [2.05, 4.69) is 14.7 Å². The number of hydrogen-bond donors (Lipinski definition) is 2. The molecular formula is C12H17N5O7S. The predicted octanol–water partition coefficient (Wildman–Crippen LogP) is -1.03. The second kappa shape index (κ2) is 6.59. The number of fused-ring (bicyclic) bond motifs is 2. The number of carbonyl (C=O) groups is 2. The summed E-state index contributed by atoms with van der Waals surface area (Å²) in [5, 5.41) is 0.581. The van der Waals surface area contributed by atoms with Gasteiger partial charge in [-0.15, -0.1) is 4.28 Å². The monoisotopic (exact) mass is 375 g/mol. The van der Waals surface area contributed by atoms with E-state index >= 15 is 0 Å². The Labute approximate surface area is 143 Å². The number of imidazole rings is 1. The SMILES string of the molecule is Cn1ccnc1CONC(=O)C1CCC2CN1C(=O)N2OS(=O)(=O)O. The van der Waals surface area contributed by atoms with Gasteiger partial charge >= 0.3 is 16.4 Å². The van der Waals surface area contributed by atoms with E-state index in [9.17, 15) is 18.0 Å². The summed E-state index contributed by atoms with van der Waals surface area (Å²) in [5.74, 6) is 0.0729. The van der Waals surface area contributed by atoms with E-state index in [4.69, 9.17) is 9.39 Å². The quantitative estimate of drug-likeness (QED) is 0.475. The standard InChI is InChI=1S/C12H17N5O7S/c1-15-5-4-13-10(15)7-23-14-11(18)9-3-2-8-6-16(9)12(19)17(8)24-25(20,21)22/h4-5,8-9H,2-3,6-7H2,1H3,(H,14,18)(H,20,21,22). The van der Waals surface area contributed by atoms with Crippen LogP contribution in [0.25, 0.3) is 0 Å². The van der Waals surface area contributed by atoms with Gasteiger partial charge in [0.1, 0.15) is 18.5 Å². The maximum absolute atomic E-state index is 12.3. The predicted molar refractivity (Wildman–Crippen MR) is 79.5 cm³/mol. The molecule has 0 radical (unpaired) electrons. The first kappa shape index (κ1) is 17.6. The van der Waals surface area contributed by atoms with Gasteiger partial charge in [-0.25, -0.2) is 15.3 Å². The van der Waals surface area contributed by atoms with E-state index in [1.807, 2.05) is 0 Å². The Bertz CT molecular complexity index is 779. The van der Waals surface area contributed by atoms with Crippen LogP contribution in [0, 0.1) is 0 Å². The fourth-order valence-electron chi connectivity index (χ4n) is 2.88. The number of rotatable bonds is 6. The first-order valence-electron chi connectivity index (χ1n) is 7.41. The number of carbonyl (C=O) groups excluding carboxylic acids is 2. The number of aryl methyl sites for hydroxylation is 1. The molecule has 25 heavy (non-hydrogen) atoms. The molecule has 2 atom stereocenters. The molecule has 3 heterocycles. The molecule has 2 fully saturated rings. The third-order valence-corrected chi connectivity index (χ3v) is 4.44. The molecule has 2 unspecified atom stereocenters. The van der Waals surface area contributed by atoms with E-state index in [1.54, 1.807) is 24.0 Å². The largest absolute Gasteiger partial charge is 0.418 e. The third kappa shape index (κ3) is 3.73. The second-order valence-corrected chi connectivity index (χ2v) is 6.72. The topological polar surface area (TPSA) is 143 Å². The van der Waals surface area contributed by atoms with Crippen molar-refractivity contribution in [2.24, 2.45) is 7.05 Å². The molecule has 1 aromatic rings. The summed E-state index contributed by atoms with van der Waals surface area (Å²) in [6.07, 6.45) is 3.97. The van der Waals surface area contributed by atoms with Crippen LogP contribution in [0.1, 0.15) is 18.7 Å². The molecule has 2 aliphatic heterocycles. The summed E-state index contributed by atoms with van der Waals surface area (Å²) in [6, 6.07) is -2.17. The third-order valence-electron chi connectivity index (χ3n) is 4.10. The van der Waals surface area contributed by atoms with E-state index < -0.39 is 34.4 Å². The molecule has 138 valence electrons. The van der Waals surface area contributed by atoms with Crippen LogP contribution in [0.5, 0.6) is 0 Å². The van der Waals surface area contributed by atoms with Gasteiger partial charge in [-0.2, -0.15) is 13.5 Å². The van der Waals surface area contributed by atoms with Crippen LogP contribution in [0.4, 0.5) is 4.79 Å². The summed E-state index contributed by atoms with van der Waals surface area (Å²) in [6.45, 7) is 0.169. The molecule has 0 aromatic carbocycles. The fraction of sp³-hybridized carbons (Fsp3) is 0.583. The lowest BCUT2D eigenvalue weighted by atomic mass is 10.0. The second-order valence-electron chi connectivity index (χ2n) is 5.72. The van der Waals surface area contributed by atoms with Gasteiger partial charge in [-0.05, 0) is 12.8 Å². The number of hydrogen-bond acceptors (Lipinski definition) is 7. The van der Waals surface area contributed by atoms with Crippen molar-refractivity contribution in [3.05, 3.63) is 18.2 Å². The van der Waals surface area contributed by atoms with Crippen molar-refractivity contribution >= 4 is 22.3 Å². The van der Waals surface area contributed by atoms with Crippen LogP contribution in [0.2, 0.25) is 0 Å². The Morgan fingerprint density at radius 1 is 1.48 bits per heavy atom. The highest BCUT2D eigenvalue weighted by molar-refractivity contribution is 7.80. The van der Waals surface area contributed by atoms with Crippen LogP contribution < -0.4 is 5.48 Å². The minimum absolute atomic E-state index is 0.0521. The number of nitrogens with one attached hydrogen (secondary N) is 1. The van der Waals surface area contributed by atoms with Crippen molar-refractivity contribution in [3.8, 4) is 0 Å². The maximum atomic E-state index is 12.3. The van der Waals surface area contributed by atoms with Crippen molar-refractivity contribution in [2.75, 3.05) is 6.54 Å². The van der Waals surface area contributed by atoms with Gasteiger partial charge in [0.15, 0.2) is 0 Å². The summed E-state index contributed by atoms with van der Waals surface area (Å²) in [7, 11) is -3.04. The minimum atomic E-state index is -4.82. The lowest BCUT2D eigenvalue weighted by Gasteiger charge is -2.28. The number of hydroxylamine groups is 3. The summed E-state index contributed by atoms with van der Waals surface area (Å²) >= 11 is 0. The molecule has 2 aliphatic rings. The van der Waals surface area contributed by atoms with Crippen molar-refractivity contribution < 1.29 is 31.7 Å². The van der Waals surface area contributed by atoms with Crippen LogP contribution in [-0.4, -0.2) is 63.1 Å². The van der Waals surface area contributed by atoms with Gasteiger partial charge < -0.3 is 9.47 Å². The molecule has 2 N–H and O–H groups in total. The fourth-order valence-corrected chi connectivity index (χ4v) is 3.27. The van der Waals surface area contributed by atoms with E-state index in [1.165, 1.54) is 4.90 Å². The molecule has 12 nitrogen and oxygen atoms in total. The zero-order valence-electron chi connectivity index (χ0n) is 13.2. The average molecular weight is 375 g/mol. The van der Waals surface area contributed by atoms with Crippen LogP contribution >= 0.6 is 0 Å². The van der Waals surface area contributed by atoms with Crippen molar-refractivity contribution in [1.82, 2.24) is 25.0 Å². The van der Waals surface area contributed by atoms with Crippen molar-refractivity contribution in [1.29, 1.82) is 0 Å². The van der Waals surface area contributed by atoms with Gasteiger partial charge in [-0.3, -0.25) is 14.2 Å². The van der Waals surface area contributed by atoms with E-state index in [0.717, 1.165) is 0 Å². The molecule has 13 heteroatoms. The van der Waals surface area contributed by atoms with E-state index in [-0.39, 0.29) is 13.2 Å². The molecular weight excluding hydrogens is 358 g/mol. The van der Waals surface area contributed by atoms with Crippen LogP contribution in [0.15, 0.2) is 12.4 Å². The highest BCUT2D eigenvalue weighted by atomic mass is 32.3. The lowest BCUT2D eigenvalue weighted by Crippen LogP contribution is -2.49. The number of aromatic nitrogens is 2. The molecule has 3 rings (SSSR count). The Morgan fingerprint density at radius 3 is 2.88 bits per heavy atom. The summed E-state index contributed by atoms with van der Waals surface area (Å²) in [5.41, 5.74) is 2.27. The molecule has 0 spiro atoms. The molecule has 2 bridgehead atoms. The Morgan fingerprint density at radius 2 is 2.24 bits per heavy atom. The number of urea groups is 1. The minimum Gasteiger partial charge on any atom is -0.336 e. The number of nitrogens with zero attached hydrogens (tertiary/aromatic N) is 4. The summed E-state index contributed by atoms with van der Waals surface area (Å²) < 4.78 is 36.4. The highest BCUT2D eigenvalue weighted by Gasteiger charge is 2.49. The average Bonchev–Trinajstić information content (AvgIpc) is 3.04. The van der Waals surface area contributed by atoms with Crippen molar-refractivity contribution in [2.45, 2.75) is 31.5 Å². The maximum Gasteiger partial charge on any atom is 0.418 e. The molecule has 2 saturated heterocycles. The number of piperidine rings is 1. The first-order chi connectivity index (χ1) is 11.8. The van der Waals surface area contributed by atoms with E-state index in [0.29, 0.717) is 23.7 Å². The Balaban J connectivity index is 1.58. The highest BCUT2D eigenvalue weighted by Crippen LogP contribution is 2.30.